The van der Waals surface area contributed by atoms with Gasteiger partial charge in [0.25, 0.3) is 5.91 Å². The molecule has 23 heavy (non-hydrogen) atoms. The lowest BCUT2D eigenvalue weighted by Crippen LogP contribution is -2.52. The number of anilines is 1. The quantitative estimate of drug-likeness (QED) is 0.904. The third-order valence-corrected chi connectivity index (χ3v) is 4.17. The molecule has 1 saturated heterocycles. The van der Waals surface area contributed by atoms with Gasteiger partial charge in [0, 0.05) is 12.4 Å². The summed E-state index contributed by atoms with van der Waals surface area (Å²) in [4.78, 5) is 12.9. The number of halogens is 2. The summed E-state index contributed by atoms with van der Waals surface area (Å²) in [6, 6.07) is 6.49. The van der Waals surface area contributed by atoms with E-state index in [2.05, 4.69) is 15.7 Å². The Morgan fingerprint density at radius 3 is 2.78 bits per heavy atom. The number of rotatable bonds is 3. The Hall–Kier alpha value is -1.92. The number of hydrogen-bond donors (Lipinski definition) is 2. The van der Waals surface area contributed by atoms with Crippen LogP contribution in [-0.4, -0.2) is 28.8 Å². The Labute approximate surface area is 140 Å². The molecule has 0 atom stereocenters. The van der Waals surface area contributed by atoms with Crippen LogP contribution in [0.25, 0.3) is 0 Å². The molecule has 7 heteroatoms. The van der Waals surface area contributed by atoms with Crippen LogP contribution in [0, 0.1) is 12.7 Å². The number of aromatic nitrogens is 2. The Bertz CT molecular complexity index is 669. The van der Waals surface area contributed by atoms with Gasteiger partial charge in [-0.1, -0.05) is 6.07 Å². The first-order valence-electron chi connectivity index (χ1n) is 7.40. The number of aryl methyl sites for hydroxylation is 1. The molecule has 1 aliphatic heterocycles. The van der Waals surface area contributed by atoms with Gasteiger partial charge < -0.3 is 10.6 Å². The second kappa shape index (κ2) is 7.10. The Kier molecular flexibility index (Phi) is 5.38. The van der Waals surface area contributed by atoms with Crippen LogP contribution in [0.5, 0.6) is 0 Å². The number of nitrogens with one attached hydrogen (secondary N) is 2. The van der Waals surface area contributed by atoms with Crippen LogP contribution in [0.15, 0.2) is 36.7 Å². The van der Waals surface area contributed by atoms with Crippen LogP contribution in [0.2, 0.25) is 0 Å². The molecule has 0 unspecified atom stereocenters. The molecule has 0 bridgehead atoms. The third-order valence-electron chi connectivity index (χ3n) is 4.17. The van der Waals surface area contributed by atoms with E-state index in [0.717, 1.165) is 18.7 Å². The summed E-state index contributed by atoms with van der Waals surface area (Å²) in [5.41, 5.74) is 0.343. The van der Waals surface area contributed by atoms with Gasteiger partial charge in [-0.25, -0.2) is 4.39 Å². The van der Waals surface area contributed by atoms with Crippen molar-refractivity contribution in [3.8, 4) is 0 Å². The van der Waals surface area contributed by atoms with E-state index in [9.17, 15) is 9.18 Å². The molecule has 0 spiro atoms. The van der Waals surface area contributed by atoms with E-state index in [1.807, 2.05) is 6.92 Å². The average Bonchev–Trinajstić information content (AvgIpc) is 3.06. The van der Waals surface area contributed by atoms with Crippen molar-refractivity contribution in [1.29, 1.82) is 0 Å². The second-order valence-corrected chi connectivity index (χ2v) is 5.67. The topological polar surface area (TPSA) is 59.0 Å². The molecule has 0 saturated carbocycles. The van der Waals surface area contributed by atoms with Crippen LogP contribution >= 0.6 is 12.4 Å². The summed E-state index contributed by atoms with van der Waals surface area (Å²) >= 11 is 0. The fourth-order valence-corrected chi connectivity index (χ4v) is 2.90. The lowest BCUT2D eigenvalue weighted by Gasteiger charge is -2.36. The first-order valence-corrected chi connectivity index (χ1v) is 7.40. The summed E-state index contributed by atoms with van der Waals surface area (Å²) in [5.74, 6) is -0.648. The van der Waals surface area contributed by atoms with E-state index in [-0.39, 0.29) is 24.0 Å². The van der Waals surface area contributed by atoms with Crippen LogP contribution in [-0.2, 0) is 10.3 Å². The standard InChI is InChI=1S/C16H19FN4O.ClH/c1-12-3-4-13(17)14(11-12)20-15(22)16(5-8-18-9-6-16)21-10-2-7-19-21;/h2-4,7,10-11,18H,5-6,8-9H2,1H3,(H,20,22);1H. The van der Waals surface area contributed by atoms with E-state index in [4.69, 9.17) is 0 Å². The molecule has 2 heterocycles. The molecule has 1 amide bonds. The minimum atomic E-state index is -0.773. The molecule has 3 rings (SSSR count). The molecular formula is C16H20ClFN4O. The number of amides is 1. The number of carbonyl (C=O) groups is 1. The minimum absolute atomic E-state index is 0. The monoisotopic (exact) mass is 338 g/mol. The van der Waals surface area contributed by atoms with Crippen molar-refractivity contribution in [2.45, 2.75) is 25.3 Å². The van der Waals surface area contributed by atoms with Crippen molar-refractivity contribution in [1.82, 2.24) is 15.1 Å². The highest BCUT2D eigenvalue weighted by Crippen LogP contribution is 2.29. The van der Waals surface area contributed by atoms with Crippen LogP contribution in [0.4, 0.5) is 10.1 Å². The Morgan fingerprint density at radius 2 is 2.13 bits per heavy atom. The molecule has 2 aromatic rings. The molecule has 2 N–H and O–H groups in total. The largest absolute Gasteiger partial charge is 0.321 e. The molecule has 1 fully saturated rings. The van der Waals surface area contributed by atoms with E-state index in [0.29, 0.717) is 12.8 Å². The van der Waals surface area contributed by atoms with Gasteiger partial charge in [0.2, 0.25) is 0 Å². The van der Waals surface area contributed by atoms with Gasteiger partial charge in [0.05, 0.1) is 5.69 Å². The smallest absolute Gasteiger partial charge is 0.252 e. The van der Waals surface area contributed by atoms with Gasteiger partial charge in [0.15, 0.2) is 0 Å². The minimum Gasteiger partial charge on any atom is -0.321 e. The molecule has 124 valence electrons. The molecule has 1 aliphatic rings. The number of piperidine rings is 1. The number of carbonyl (C=O) groups excluding carboxylic acids is 1. The number of benzene rings is 1. The van der Waals surface area contributed by atoms with Crippen molar-refractivity contribution in [2.24, 2.45) is 0 Å². The van der Waals surface area contributed by atoms with Crippen molar-refractivity contribution in [3.63, 3.8) is 0 Å². The predicted molar refractivity (Wildman–Crippen MR) is 89.3 cm³/mol. The number of nitrogens with zero attached hydrogens (tertiary/aromatic N) is 2. The van der Waals surface area contributed by atoms with Gasteiger partial charge in [-0.15, -0.1) is 12.4 Å². The van der Waals surface area contributed by atoms with Crippen LogP contribution in [0.3, 0.4) is 0 Å². The second-order valence-electron chi connectivity index (χ2n) is 5.67. The molecular weight excluding hydrogens is 319 g/mol. The molecule has 1 aromatic carbocycles. The van der Waals surface area contributed by atoms with E-state index in [1.54, 1.807) is 35.3 Å². The van der Waals surface area contributed by atoms with Gasteiger partial charge in [-0.3, -0.25) is 9.48 Å². The summed E-state index contributed by atoms with van der Waals surface area (Å²) < 4.78 is 15.6. The first kappa shape index (κ1) is 17.4. The summed E-state index contributed by atoms with van der Waals surface area (Å²) in [5, 5.41) is 10.2. The Morgan fingerprint density at radius 1 is 1.39 bits per heavy atom. The predicted octanol–water partition coefficient (Wildman–Crippen LogP) is 2.47. The zero-order valence-electron chi connectivity index (χ0n) is 12.9. The maximum absolute atomic E-state index is 13.9. The summed E-state index contributed by atoms with van der Waals surface area (Å²) in [6.45, 7) is 3.32. The van der Waals surface area contributed by atoms with Gasteiger partial charge >= 0.3 is 0 Å². The van der Waals surface area contributed by atoms with E-state index >= 15 is 0 Å². The zero-order valence-corrected chi connectivity index (χ0v) is 13.7. The van der Waals surface area contributed by atoms with Crippen molar-refractivity contribution in [3.05, 3.63) is 48.0 Å². The van der Waals surface area contributed by atoms with Crippen LogP contribution < -0.4 is 10.6 Å². The fourth-order valence-electron chi connectivity index (χ4n) is 2.90. The molecule has 5 nitrogen and oxygen atoms in total. The third kappa shape index (κ3) is 3.38. The van der Waals surface area contributed by atoms with E-state index < -0.39 is 11.4 Å². The van der Waals surface area contributed by atoms with Gasteiger partial charge in [0.1, 0.15) is 11.4 Å². The zero-order chi connectivity index (χ0) is 15.6. The first-order chi connectivity index (χ1) is 10.6. The van der Waals surface area contributed by atoms with Crippen molar-refractivity contribution in [2.75, 3.05) is 18.4 Å². The number of hydrogen-bond acceptors (Lipinski definition) is 3. The molecule has 0 aliphatic carbocycles. The maximum Gasteiger partial charge on any atom is 0.252 e. The SMILES string of the molecule is Cc1ccc(F)c(NC(=O)C2(n3cccn3)CCNCC2)c1.Cl. The highest BCUT2D eigenvalue weighted by Gasteiger charge is 2.42. The maximum atomic E-state index is 13.9. The summed E-state index contributed by atoms with van der Waals surface area (Å²) in [6.07, 6.45) is 4.68. The van der Waals surface area contributed by atoms with Crippen molar-refractivity contribution < 1.29 is 9.18 Å². The highest BCUT2D eigenvalue weighted by atomic mass is 35.5. The van der Waals surface area contributed by atoms with Crippen molar-refractivity contribution >= 4 is 24.0 Å². The van der Waals surface area contributed by atoms with Gasteiger partial charge in [-0.05, 0) is 56.6 Å². The lowest BCUT2D eigenvalue weighted by molar-refractivity contribution is -0.126. The van der Waals surface area contributed by atoms with E-state index in [1.165, 1.54) is 6.07 Å². The molecule has 1 aromatic heterocycles. The molecule has 0 radical (unpaired) electrons. The lowest BCUT2D eigenvalue weighted by atomic mass is 9.87. The van der Waals surface area contributed by atoms with Crippen LogP contribution in [0.1, 0.15) is 18.4 Å². The van der Waals surface area contributed by atoms with Gasteiger partial charge in [-0.2, -0.15) is 5.10 Å². The summed E-state index contributed by atoms with van der Waals surface area (Å²) in [7, 11) is 0. The average molecular weight is 339 g/mol. The Balaban J connectivity index is 0.00000192. The fraction of sp³-hybridized carbons (Fsp3) is 0.375. The highest BCUT2D eigenvalue weighted by molar-refractivity contribution is 5.97. The normalized spacial score (nSPS) is 16.4.